The summed E-state index contributed by atoms with van der Waals surface area (Å²) >= 11 is 0. The van der Waals surface area contributed by atoms with Crippen LogP contribution in [0.2, 0.25) is 0 Å². The van der Waals surface area contributed by atoms with E-state index in [9.17, 15) is 0 Å². The number of hydrogen-bond donors (Lipinski definition) is 0. The number of pyridine rings is 1. The Balaban J connectivity index is 1.90. The summed E-state index contributed by atoms with van der Waals surface area (Å²) in [6.07, 6.45) is 3.39. The minimum atomic E-state index is 0.534. The Morgan fingerprint density at radius 1 is 0.905 bits per heavy atom. The largest absolute Gasteiger partial charge is 0.439 e. The molecule has 0 amide bonds. The second kappa shape index (κ2) is 5.71. The van der Waals surface area contributed by atoms with Crippen LogP contribution in [0.3, 0.4) is 0 Å². The Bertz CT molecular complexity index is 757. The van der Waals surface area contributed by atoms with Gasteiger partial charge in [0.15, 0.2) is 5.82 Å². The molecule has 0 atom stereocenters. The Kier molecular flexibility index (Phi) is 3.60. The molecule has 2 aromatic heterocycles. The number of hydrogen-bond acceptors (Lipinski definition) is 4. The Labute approximate surface area is 123 Å². The van der Waals surface area contributed by atoms with Crippen molar-refractivity contribution in [1.29, 1.82) is 0 Å². The maximum atomic E-state index is 5.86. The fraction of sp³-hybridized carbons (Fsp3) is 0.118. The Hall–Kier alpha value is -2.75. The highest BCUT2D eigenvalue weighted by Gasteiger charge is 2.06. The molecule has 104 valence electrons. The van der Waals surface area contributed by atoms with Crippen molar-refractivity contribution in [1.82, 2.24) is 15.0 Å². The molecule has 1 aromatic carbocycles. The third-order valence-electron chi connectivity index (χ3n) is 3.06. The van der Waals surface area contributed by atoms with E-state index in [0.29, 0.717) is 17.4 Å². The summed E-state index contributed by atoms with van der Waals surface area (Å²) in [5.41, 5.74) is 2.98. The highest BCUT2D eigenvalue weighted by atomic mass is 16.5. The van der Waals surface area contributed by atoms with Crippen molar-refractivity contribution in [3.63, 3.8) is 0 Å². The maximum absolute atomic E-state index is 5.86. The maximum Gasteiger partial charge on any atom is 0.219 e. The van der Waals surface area contributed by atoms with Crippen molar-refractivity contribution in [2.75, 3.05) is 0 Å². The zero-order valence-electron chi connectivity index (χ0n) is 11.9. The third kappa shape index (κ3) is 3.05. The normalized spacial score (nSPS) is 10.4. The van der Waals surface area contributed by atoms with Crippen molar-refractivity contribution in [2.45, 2.75) is 13.8 Å². The van der Waals surface area contributed by atoms with Gasteiger partial charge in [-0.3, -0.25) is 0 Å². The van der Waals surface area contributed by atoms with Crippen LogP contribution >= 0.6 is 0 Å². The molecule has 0 spiro atoms. The molecular weight excluding hydrogens is 262 g/mol. The first kappa shape index (κ1) is 13.2. The molecule has 0 unspecified atom stereocenters. The smallest absolute Gasteiger partial charge is 0.219 e. The minimum Gasteiger partial charge on any atom is -0.439 e. The SMILES string of the molecule is Cc1ccc(Oc2cccc(-c3ncccn3)n2)c(C)c1. The molecule has 0 fully saturated rings. The summed E-state index contributed by atoms with van der Waals surface area (Å²) in [7, 11) is 0. The lowest BCUT2D eigenvalue weighted by Crippen LogP contribution is -1.94. The standard InChI is InChI=1S/C17H15N3O/c1-12-7-8-15(13(2)11-12)21-16-6-3-5-14(20-16)17-18-9-4-10-19-17/h3-11H,1-2H3. The summed E-state index contributed by atoms with van der Waals surface area (Å²) in [5.74, 6) is 1.93. The molecule has 0 saturated heterocycles. The van der Waals surface area contributed by atoms with Crippen LogP contribution in [0.15, 0.2) is 54.9 Å². The zero-order chi connectivity index (χ0) is 14.7. The Morgan fingerprint density at radius 3 is 2.48 bits per heavy atom. The van der Waals surface area contributed by atoms with Gasteiger partial charge in [-0.15, -0.1) is 0 Å². The van der Waals surface area contributed by atoms with E-state index in [4.69, 9.17) is 4.74 Å². The van der Waals surface area contributed by atoms with Gasteiger partial charge >= 0.3 is 0 Å². The van der Waals surface area contributed by atoms with Crippen LogP contribution < -0.4 is 4.74 Å². The van der Waals surface area contributed by atoms with Gasteiger partial charge in [-0.2, -0.15) is 0 Å². The fourth-order valence-electron chi connectivity index (χ4n) is 2.05. The summed E-state index contributed by atoms with van der Waals surface area (Å²) in [5, 5.41) is 0. The van der Waals surface area contributed by atoms with Crippen LogP contribution in [-0.2, 0) is 0 Å². The van der Waals surface area contributed by atoms with Gasteiger partial charge < -0.3 is 4.74 Å². The van der Waals surface area contributed by atoms with E-state index in [0.717, 1.165) is 11.3 Å². The predicted octanol–water partition coefficient (Wildman–Crippen LogP) is 3.95. The van der Waals surface area contributed by atoms with E-state index in [1.807, 2.05) is 37.3 Å². The molecule has 0 radical (unpaired) electrons. The van der Waals surface area contributed by atoms with Crippen LogP contribution in [0.5, 0.6) is 11.6 Å². The molecule has 2 heterocycles. The monoisotopic (exact) mass is 277 g/mol. The molecule has 3 aromatic rings. The van der Waals surface area contributed by atoms with E-state index in [-0.39, 0.29) is 0 Å². The van der Waals surface area contributed by atoms with E-state index in [2.05, 4.69) is 27.9 Å². The summed E-state index contributed by atoms with van der Waals surface area (Å²) in [6, 6.07) is 13.4. The molecule has 0 aliphatic carbocycles. The number of nitrogens with zero attached hydrogens (tertiary/aromatic N) is 3. The minimum absolute atomic E-state index is 0.534. The van der Waals surface area contributed by atoms with Gasteiger partial charge in [-0.25, -0.2) is 15.0 Å². The van der Waals surface area contributed by atoms with E-state index >= 15 is 0 Å². The van der Waals surface area contributed by atoms with Crippen molar-refractivity contribution in [3.05, 3.63) is 66.0 Å². The van der Waals surface area contributed by atoms with Crippen LogP contribution in [-0.4, -0.2) is 15.0 Å². The lowest BCUT2D eigenvalue weighted by Gasteiger charge is -2.09. The number of rotatable bonds is 3. The first-order chi connectivity index (χ1) is 10.2. The lowest BCUT2D eigenvalue weighted by molar-refractivity contribution is 0.460. The Morgan fingerprint density at radius 2 is 1.71 bits per heavy atom. The summed E-state index contributed by atoms with van der Waals surface area (Å²) < 4.78 is 5.86. The fourth-order valence-corrected chi connectivity index (χ4v) is 2.05. The van der Waals surface area contributed by atoms with Crippen LogP contribution in [0.25, 0.3) is 11.5 Å². The molecule has 3 rings (SSSR count). The molecule has 0 aliphatic rings. The van der Waals surface area contributed by atoms with Gasteiger partial charge in [-0.05, 0) is 37.6 Å². The van der Waals surface area contributed by atoms with E-state index in [1.165, 1.54) is 5.56 Å². The highest BCUT2D eigenvalue weighted by molar-refractivity contribution is 5.49. The van der Waals surface area contributed by atoms with E-state index in [1.54, 1.807) is 18.5 Å². The molecule has 4 heteroatoms. The van der Waals surface area contributed by atoms with Crippen molar-refractivity contribution in [2.24, 2.45) is 0 Å². The average Bonchev–Trinajstić information content (AvgIpc) is 2.51. The average molecular weight is 277 g/mol. The molecule has 0 aliphatic heterocycles. The van der Waals surface area contributed by atoms with Crippen LogP contribution in [0.1, 0.15) is 11.1 Å². The van der Waals surface area contributed by atoms with Crippen molar-refractivity contribution < 1.29 is 4.74 Å². The summed E-state index contributed by atoms with van der Waals surface area (Å²) in [6.45, 7) is 4.08. The lowest BCUT2D eigenvalue weighted by atomic mass is 10.1. The van der Waals surface area contributed by atoms with Gasteiger partial charge in [0.05, 0.1) is 0 Å². The number of ether oxygens (including phenoxy) is 1. The van der Waals surface area contributed by atoms with Gasteiger partial charge in [0.25, 0.3) is 0 Å². The van der Waals surface area contributed by atoms with Gasteiger partial charge in [0.1, 0.15) is 11.4 Å². The summed E-state index contributed by atoms with van der Waals surface area (Å²) in [4.78, 5) is 12.8. The molecule has 21 heavy (non-hydrogen) atoms. The van der Waals surface area contributed by atoms with Gasteiger partial charge in [-0.1, -0.05) is 23.8 Å². The van der Waals surface area contributed by atoms with Gasteiger partial charge in [0, 0.05) is 18.5 Å². The van der Waals surface area contributed by atoms with Gasteiger partial charge in [0.2, 0.25) is 5.88 Å². The van der Waals surface area contributed by atoms with Crippen LogP contribution in [0, 0.1) is 13.8 Å². The van der Waals surface area contributed by atoms with Crippen molar-refractivity contribution in [3.8, 4) is 23.1 Å². The van der Waals surface area contributed by atoms with E-state index < -0.39 is 0 Å². The molecular formula is C17H15N3O. The first-order valence-corrected chi connectivity index (χ1v) is 6.72. The first-order valence-electron chi connectivity index (χ1n) is 6.72. The highest BCUT2D eigenvalue weighted by Crippen LogP contribution is 2.25. The molecule has 0 N–H and O–H groups in total. The predicted molar refractivity (Wildman–Crippen MR) is 81.3 cm³/mol. The topological polar surface area (TPSA) is 47.9 Å². The van der Waals surface area contributed by atoms with Crippen LogP contribution in [0.4, 0.5) is 0 Å². The number of benzene rings is 1. The number of aromatic nitrogens is 3. The zero-order valence-corrected chi connectivity index (χ0v) is 11.9. The second-order valence-corrected chi connectivity index (χ2v) is 4.80. The molecule has 0 saturated carbocycles. The second-order valence-electron chi connectivity index (χ2n) is 4.80. The number of aryl methyl sites for hydroxylation is 2. The third-order valence-corrected chi connectivity index (χ3v) is 3.06. The molecule has 4 nitrogen and oxygen atoms in total. The van der Waals surface area contributed by atoms with Crippen molar-refractivity contribution >= 4 is 0 Å². The quantitative estimate of drug-likeness (QED) is 0.727. The molecule has 0 bridgehead atoms.